The molecule has 0 unspecified atom stereocenters. The third-order valence-electron chi connectivity index (χ3n) is 4.32. The van der Waals surface area contributed by atoms with Crippen molar-refractivity contribution in [1.29, 1.82) is 0 Å². The van der Waals surface area contributed by atoms with Gasteiger partial charge in [-0.25, -0.2) is 4.90 Å². The van der Waals surface area contributed by atoms with Crippen LogP contribution in [0.25, 0.3) is 0 Å². The van der Waals surface area contributed by atoms with Gasteiger partial charge in [-0.3, -0.25) is 9.59 Å². The highest BCUT2D eigenvalue weighted by molar-refractivity contribution is 9.10. The third kappa shape index (κ3) is 3.24. The zero-order valence-electron chi connectivity index (χ0n) is 14.2. The van der Waals surface area contributed by atoms with Gasteiger partial charge in [-0.15, -0.1) is 0 Å². The summed E-state index contributed by atoms with van der Waals surface area (Å²) in [6, 6.07) is 17.4. The lowest BCUT2D eigenvalue weighted by molar-refractivity contribution is 0.0926. The SMILES string of the molecule is Cc1ccc(Cl)cc1N1C(=O)c2ccc(Oc3ccc(Br)cc3)cc2C1=O. The van der Waals surface area contributed by atoms with E-state index in [0.717, 1.165) is 14.9 Å². The maximum absolute atomic E-state index is 12.9. The molecular weight excluding hydrogens is 430 g/mol. The third-order valence-corrected chi connectivity index (χ3v) is 5.08. The predicted molar refractivity (Wildman–Crippen MR) is 108 cm³/mol. The number of rotatable bonds is 3. The topological polar surface area (TPSA) is 46.6 Å². The van der Waals surface area contributed by atoms with Crippen molar-refractivity contribution in [2.75, 3.05) is 4.90 Å². The van der Waals surface area contributed by atoms with Crippen molar-refractivity contribution >= 4 is 45.0 Å². The first-order chi connectivity index (χ1) is 12.9. The number of carbonyl (C=O) groups excluding carboxylic acids is 2. The molecule has 6 heteroatoms. The van der Waals surface area contributed by atoms with Crippen LogP contribution < -0.4 is 9.64 Å². The number of nitrogens with zero attached hydrogens (tertiary/aromatic N) is 1. The van der Waals surface area contributed by atoms with Gasteiger partial charge < -0.3 is 4.74 Å². The van der Waals surface area contributed by atoms with Gasteiger partial charge in [0.2, 0.25) is 0 Å². The number of hydrogen-bond acceptors (Lipinski definition) is 3. The van der Waals surface area contributed by atoms with Crippen molar-refractivity contribution in [3.8, 4) is 11.5 Å². The Bertz CT molecular complexity index is 1080. The summed E-state index contributed by atoms with van der Waals surface area (Å²) < 4.78 is 6.74. The second-order valence-electron chi connectivity index (χ2n) is 6.14. The van der Waals surface area contributed by atoms with Crippen molar-refractivity contribution in [3.63, 3.8) is 0 Å². The number of amides is 2. The first-order valence-electron chi connectivity index (χ1n) is 8.16. The number of anilines is 1. The van der Waals surface area contributed by atoms with E-state index >= 15 is 0 Å². The van der Waals surface area contributed by atoms with Crippen LogP contribution in [0.5, 0.6) is 11.5 Å². The number of hydrogen-bond donors (Lipinski definition) is 0. The van der Waals surface area contributed by atoms with Crippen molar-refractivity contribution in [2.45, 2.75) is 6.92 Å². The number of aryl methyl sites for hydroxylation is 1. The summed E-state index contributed by atoms with van der Waals surface area (Å²) in [6.07, 6.45) is 0. The Balaban J connectivity index is 1.69. The Hall–Kier alpha value is -2.63. The number of carbonyl (C=O) groups is 2. The van der Waals surface area contributed by atoms with Crippen LogP contribution in [-0.2, 0) is 0 Å². The van der Waals surface area contributed by atoms with Crippen molar-refractivity contribution in [1.82, 2.24) is 0 Å². The minimum Gasteiger partial charge on any atom is -0.457 e. The van der Waals surface area contributed by atoms with Gasteiger partial charge in [-0.1, -0.05) is 33.6 Å². The number of halogens is 2. The molecule has 1 aliphatic heterocycles. The number of fused-ring (bicyclic) bond motifs is 1. The summed E-state index contributed by atoms with van der Waals surface area (Å²) in [5, 5.41) is 0.464. The fraction of sp³-hybridized carbons (Fsp3) is 0.0476. The van der Waals surface area contributed by atoms with Crippen LogP contribution >= 0.6 is 27.5 Å². The van der Waals surface area contributed by atoms with E-state index in [0.29, 0.717) is 33.3 Å². The normalized spacial score (nSPS) is 13.1. The molecule has 0 atom stereocenters. The zero-order valence-corrected chi connectivity index (χ0v) is 16.5. The van der Waals surface area contributed by atoms with E-state index in [1.807, 2.05) is 31.2 Å². The van der Waals surface area contributed by atoms with E-state index in [9.17, 15) is 9.59 Å². The molecule has 3 aromatic carbocycles. The molecule has 4 nitrogen and oxygen atoms in total. The van der Waals surface area contributed by atoms with Gasteiger partial charge in [0.05, 0.1) is 16.8 Å². The highest BCUT2D eigenvalue weighted by Gasteiger charge is 2.37. The van der Waals surface area contributed by atoms with E-state index in [4.69, 9.17) is 16.3 Å². The minimum atomic E-state index is -0.387. The Morgan fingerprint density at radius 1 is 0.852 bits per heavy atom. The fourth-order valence-corrected chi connectivity index (χ4v) is 3.40. The average Bonchev–Trinajstić information content (AvgIpc) is 2.90. The molecule has 0 fully saturated rings. The van der Waals surface area contributed by atoms with Crippen molar-refractivity contribution < 1.29 is 14.3 Å². The second-order valence-corrected chi connectivity index (χ2v) is 7.49. The molecular formula is C21H13BrClNO3. The molecule has 0 radical (unpaired) electrons. The molecule has 0 aliphatic carbocycles. The van der Waals surface area contributed by atoms with E-state index in [1.165, 1.54) is 0 Å². The maximum Gasteiger partial charge on any atom is 0.266 e. The summed E-state index contributed by atoms with van der Waals surface area (Å²) in [7, 11) is 0. The summed E-state index contributed by atoms with van der Waals surface area (Å²) in [5.74, 6) is 0.372. The lowest BCUT2D eigenvalue weighted by Crippen LogP contribution is -2.30. The Labute approximate surface area is 169 Å². The molecule has 0 saturated carbocycles. The molecule has 0 aromatic heterocycles. The Morgan fingerprint density at radius 3 is 2.26 bits per heavy atom. The van der Waals surface area contributed by atoms with E-state index in [2.05, 4.69) is 15.9 Å². The fourth-order valence-electron chi connectivity index (χ4n) is 2.96. The van der Waals surface area contributed by atoms with Crippen molar-refractivity contribution in [2.24, 2.45) is 0 Å². The molecule has 0 N–H and O–H groups in total. The number of ether oxygens (including phenoxy) is 1. The van der Waals surface area contributed by atoms with Gasteiger partial charge in [0.1, 0.15) is 11.5 Å². The second kappa shape index (κ2) is 6.83. The van der Waals surface area contributed by atoms with E-state index in [-0.39, 0.29) is 11.8 Å². The van der Waals surface area contributed by atoms with Crippen LogP contribution in [0.1, 0.15) is 26.3 Å². The highest BCUT2D eigenvalue weighted by atomic mass is 79.9. The minimum absolute atomic E-state index is 0.314. The Kier molecular flexibility index (Phi) is 4.50. The van der Waals surface area contributed by atoms with Crippen LogP contribution in [0, 0.1) is 6.92 Å². The summed E-state index contributed by atoms with van der Waals surface area (Å²) in [4.78, 5) is 26.9. The molecule has 0 bridgehead atoms. The van der Waals surface area contributed by atoms with Gasteiger partial charge >= 0.3 is 0 Å². The highest BCUT2D eigenvalue weighted by Crippen LogP contribution is 2.34. The first-order valence-corrected chi connectivity index (χ1v) is 9.33. The van der Waals surface area contributed by atoms with E-state index in [1.54, 1.807) is 36.4 Å². The molecule has 4 rings (SSSR count). The van der Waals surface area contributed by atoms with Crippen LogP contribution in [0.4, 0.5) is 5.69 Å². The number of imide groups is 1. The van der Waals surface area contributed by atoms with Gasteiger partial charge in [-0.05, 0) is 67.1 Å². The monoisotopic (exact) mass is 441 g/mol. The van der Waals surface area contributed by atoms with E-state index < -0.39 is 0 Å². The van der Waals surface area contributed by atoms with Gasteiger partial charge in [-0.2, -0.15) is 0 Å². The molecule has 2 amide bonds. The maximum atomic E-state index is 12.9. The first kappa shape index (κ1) is 17.8. The largest absolute Gasteiger partial charge is 0.457 e. The number of benzene rings is 3. The lowest BCUT2D eigenvalue weighted by atomic mass is 10.1. The summed E-state index contributed by atoms with van der Waals surface area (Å²) in [5.41, 5.74) is 1.95. The van der Waals surface area contributed by atoms with Gasteiger partial charge in [0, 0.05) is 9.50 Å². The quantitative estimate of drug-likeness (QED) is 0.467. The summed E-state index contributed by atoms with van der Waals surface area (Å²) >= 11 is 9.43. The smallest absolute Gasteiger partial charge is 0.266 e. The van der Waals surface area contributed by atoms with Crippen molar-refractivity contribution in [3.05, 3.63) is 86.8 Å². The molecule has 0 saturated heterocycles. The van der Waals surface area contributed by atoms with Gasteiger partial charge in [0.25, 0.3) is 11.8 Å². The van der Waals surface area contributed by atoms with Crippen LogP contribution in [0.2, 0.25) is 5.02 Å². The molecule has 134 valence electrons. The predicted octanol–water partition coefficient (Wildman–Crippen LogP) is 6.00. The molecule has 27 heavy (non-hydrogen) atoms. The Morgan fingerprint density at radius 2 is 1.52 bits per heavy atom. The molecule has 0 spiro atoms. The molecule has 1 heterocycles. The van der Waals surface area contributed by atoms with Crippen LogP contribution in [0.15, 0.2) is 65.1 Å². The molecule has 3 aromatic rings. The molecule has 1 aliphatic rings. The van der Waals surface area contributed by atoms with Crippen LogP contribution in [-0.4, -0.2) is 11.8 Å². The summed E-state index contributed by atoms with van der Waals surface area (Å²) in [6.45, 7) is 1.83. The van der Waals surface area contributed by atoms with Gasteiger partial charge in [0.15, 0.2) is 0 Å². The average molecular weight is 443 g/mol. The zero-order chi connectivity index (χ0) is 19.1. The van der Waals surface area contributed by atoms with Crippen LogP contribution in [0.3, 0.4) is 0 Å². The lowest BCUT2D eigenvalue weighted by Gasteiger charge is -2.16. The standard InChI is InChI=1S/C21H13BrClNO3/c1-12-2-5-14(23)10-19(12)24-20(25)17-9-8-16(11-18(17)21(24)26)27-15-6-3-13(22)4-7-15/h2-11H,1H3.